The highest BCUT2D eigenvalue weighted by Gasteiger charge is 2.53. The standard InChI is InChI=1S/C35H38O20/c1-12-28(49-13(2)36)26(45)33(52-16(5)39)35(48-12)47-11-23-30(50-14(3)37)32(51-15(4)38)27(46)34(54-23)55-31-25(44)24-21(43)9-18(40)10-22(24)53-29(31)17-6-7-19(41)20(42)8-17/h6-10,12,23,26-28,30,32-35,40-43,45-46H,11H2,1-5H3/t12-,23+,26+,27+,28-,30-,32+,33+,34-,35-/m0/s1. The van der Waals surface area contributed by atoms with Gasteiger partial charge in [-0.3, -0.25) is 24.0 Å². The summed E-state index contributed by atoms with van der Waals surface area (Å²) >= 11 is 0. The van der Waals surface area contributed by atoms with Crippen LogP contribution in [0.1, 0.15) is 34.6 Å². The highest BCUT2D eigenvalue weighted by Crippen LogP contribution is 2.40. The first kappa shape index (κ1) is 40.5. The predicted octanol–water partition coefficient (Wildman–Crippen LogP) is 0.596. The minimum atomic E-state index is -2.04. The van der Waals surface area contributed by atoms with Crippen molar-refractivity contribution >= 4 is 34.8 Å². The molecule has 20 nitrogen and oxygen atoms in total. The Kier molecular flexibility index (Phi) is 12.1. The van der Waals surface area contributed by atoms with Gasteiger partial charge in [-0.1, -0.05) is 0 Å². The van der Waals surface area contributed by atoms with Gasteiger partial charge in [0.1, 0.15) is 34.7 Å². The molecule has 1 aromatic heterocycles. The minimum Gasteiger partial charge on any atom is -0.508 e. The molecule has 6 N–H and O–H groups in total. The number of carbonyl (C=O) groups excluding carboxylic acids is 4. The van der Waals surface area contributed by atoms with E-state index in [1.807, 2.05) is 0 Å². The van der Waals surface area contributed by atoms with Crippen LogP contribution in [0.2, 0.25) is 0 Å². The molecule has 0 spiro atoms. The van der Waals surface area contributed by atoms with Crippen LogP contribution in [-0.4, -0.2) is 123 Å². The number of hydrogen-bond acceptors (Lipinski definition) is 20. The maximum atomic E-state index is 14.0. The predicted molar refractivity (Wildman–Crippen MR) is 178 cm³/mol. The lowest BCUT2D eigenvalue weighted by molar-refractivity contribution is -0.322. The highest BCUT2D eigenvalue weighted by molar-refractivity contribution is 5.88. The lowest BCUT2D eigenvalue weighted by Crippen LogP contribution is -2.64. The molecule has 2 aliphatic rings. The van der Waals surface area contributed by atoms with Crippen LogP contribution < -0.4 is 10.2 Å². The first-order chi connectivity index (χ1) is 25.9. The molecule has 10 atom stereocenters. The molecular weight excluding hydrogens is 740 g/mol. The second kappa shape index (κ2) is 16.4. The van der Waals surface area contributed by atoms with Crippen LogP contribution in [0.5, 0.6) is 28.7 Å². The van der Waals surface area contributed by atoms with Gasteiger partial charge in [-0.05, 0) is 25.1 Å². The fourth-order valence-electron chi connectivity index (χ4n) is 6.12. The number of hydrogen-bond donors (Lipinski definition) is 6. The molecule has 5 rings (SSSR count). The van der Waals surface area contributed by atoms with E-state index in [0.717, 1.165) is 52.0 Å². The molecule has 2 aromatic carbocycles. The van der Waals surface area contributed by atoms with Crippen molar-refractivity contribution in [1.29, 1.82) is 0 Å². The average Bonchev–Trinajstić information content (AvgIpc) is 3.08. The van der Waals surface area contributed by atoms with Gasteiger partial charge in [0.05, 0.1) is 12.7 Å². The summed E-state index contributed by atoms with van der Waals surface area (Å²) in [6.07, 6.45) is -16.2. The quantitative estimate of drug-likeness (QED) is 0.0933. The van der Waals surface area contributed by atoms with E-state index in [-0.39, 0.29) is 11.1 Å². The van der Waals surface area contributed by atoms with Gasteiger partial charge in [0.15, 0.2) is 54.1 Å². The van der Waals surface area contributed by atoms with Crippen molar-refractivity contribution in [2.75, 3.05) is 6.61 Å². The SMILES string of the molecule is CC(=O)O[C@@H]1[C@@H](O)[C@H](Oc2c(-c3ccc(O)c(O)c3)oc3cc(O)cc(O)c3c2=O)O[C@H](CO[C@H]2O[C@@H](C)[C@H](OC(C)=O)[C@@H](O)[C@H]2OC(C)=O)[C@@H]1OC(C)=O. The number of phenols is 4. The summed E-state index contributed by atoms with van der Waals surface area (Å²) in [6, 6.07) is 5.12. The Morgan fingerprint density at radius 1 is 0.691 bits per heavy atom. The van der Waals surface area contributed by atoms with Gasteiger partial charge in [0.25, 0.3) is 0 Å². The number of benzene rings is 2. The van der Waals surface area contributed by atoms with Gasteiger partial charge in [-0.15, -0.1) is 0 Å². The van der Waals surface area contributed by atoms with E-state index in [1.54, 1.807) is 0 Å². The Hall–Kier alpha value is -5.67. The van der Waals surface area contributed by atoms with Gasteiger partial charge in [-0.25, -0.2) is 0 Å². The maximum Gasteiger partial charge on any atom is 0.303 e. The number of aliphatic hydroxyl groups excluding tert-OH is 2. The maximum absolute atomic E-state index is 14.0. The van der Waals surface area contributed by atoms with Crippen molar-refractivity contribution in [3.63, 3.8) is 0 Å². The monoisotopic (exact) mass is 778 g/mol. The van der Waals surface area contributed by atoms with Crippen molar-refractivity contribution in [3.8, 4) is 40.1 Å². The molecule has 3 heterocycles. The van der Waals surface area contributed by atoms with E-state index < -0.39 is 137 Å². The molecular formula is C35H38O20. The van der Waals surface area contributed by atoms with E-state index in [9.17, 15) is 54.6 Å². The Bertz CT molecular complexity index is 2010. The fraction of sp³-hybridized carbons (Fsp3) is 0.457. The molecule has 0 saturated carbocycles. The van der Waals surface area contributed by atoms with Crippen LogP contribution >= 0.6 is 0 Å². The molecule has 0 amide bonds. The molecule has 20 heteroatoms. The van der Waals surface area contributed by atoms with Crippen molar-refractivity contribution in [2.24, 2.45) is 0 Å². The van der Waals surface area contributed by atoms with E-state index in [4.69, 9.17) is 42.3 Å². The van der Waals surface area contributed by atoms with Gasteiger partial charge < -0.3 is 73.0 Å². The van der Waals surface area contributed by atoms with Crippen LogP contribution in [0.15, 0.2) is 39.5 Å². The number of fused-ring (bicyclic) bond motifs is 1. The van der Waals surface area contributed by atoms with E-state index in [2.05, 4.69) is 0 Å². The van der Waals surface area contributed by atoms with Gasteiger partial charge in [-0.2, -0.15) is 0 Å². The summed E-state index contributed by atoms with van der Waals surface area (Å²) in [5, 5.41) is 62.8. The zero-order chi connectivity index (χ0) is 40.5. The van der Waals surface area contributed by atoms with Crippen LogP contribution in [-0.2, 0) is 52.3 Å². The number of esters is 4. The molecule has 2 saturated heterocycles. The zero-order valence-electron chi connectivity index (χ0n) is 29.8. The smallest absolute Gasteiger partial charge is 0.303 e. The third-order valence-corrected chi connectivity index (χ3v) is 8.39. The summed E-state index contributed by atoms with van der Waals surface area (Å²) in [6.45, 7) is 4.87. The van der Waals surface area contributed by atoms with Crippen LogP contribution in [0.25, 0.3) is 22.3 Å². The fourth-order valence-corrected chi connectivity index (χ4v) is 6.12. The van der Waals surface area contributed by atoms with E-state index in [1.165, 1.54) is 13.0 Å². The van der Waals surface area contributed by atoms with Crippen LogP contribution in [0.3, 0.4) is 0 Å². The first-order valence-electron chi connectivity index (χ1n) is 16.6. The Morgan fingerprint density at radius 3 is 1.91 bits per heavy atom. The Balaban J connectivity index is 1.56. The lowest BCUT2D eigenvalue weighted by Gasteiger charge is -2.45. The first-order valence-corrected chi connectivity index (χ1v) is 16.6. The average molecular weight is 779 g/mol. The summed E-state index contributed by atoms with van der Waals surface area (Å²) in [5.74, 6) is -7.15. The Morgan fingerprint density at radius 2 is 1.29 bits per heavy atom. The van der Waals surface area contributed by atoms with Crippen LogP contribution in [0, 0.1) is 0 Å². The molecule has 3 aromatic rings. The van der Waals surface area contributed by atoms with E-state index in [0.29, 0.717) is 0 Å². The molecule has 55 heavy (non-hydrogen) atoms. The number of rotatable bonds is 10. The lowest BCUT2D eigenvalue weighted by atomic mass is 9.97. The molecule has 0 aliphatic carbocycles. The Labute approximate surface area is 310 Å². The zero-order valence-corrected chi connectivity index (χ0v) is 29.8. The molecule has 0 bridgehead atoms. The number of carbonyl (C=O) groups is 4. The minimum absolute atomic E-state index is 0.0858. The second-order valence-electron chi connectivity index (χ2n) is 12.6. The molecule has 2 aliphatic heterocycles. The number of aliphatic hydroxyl groups is 2. The van der Waals surface area contributed by atoms with Gasteiger partial charge in [0.2, 0.25) is 17.5 Å². The highest BCUT2D eigenvalue weighted by atomic mass is 16.7. The van der Waals surface area contributed by atoms with E-state index >= 15 is 0 Å². The summed E-state index contributed by atoms with van der Waals surface area (Å²) in [7, 11) is 0. The van der Waals surface area contributed by atoms with Gasteiger partial charge in [0, 0.05) is 45.4 Å². The van der Waals surface area contributed by atoms with Gasteiger partial charge >= 0.3 is 23.9 Å². The summed E-state index contributed by atoms with van der Waals surface area (Å²) in [5.41, 5.74) is -1.51. The number of ether oxygens (including phenoxy) is 8. The number of phenolic OH excluding ortho intramolecular Hbond substituents is 4. The topological polar surface area (TPSA) is 294 Å². The molecule has 2 fully saturated rings. The van der Waals surface area contributed by atoms with Crippen molar-refractivity contribution in [2.45, 2.75) is 96.0 Å². The normalized spacial score (nSPS) is 27.8. The summed E-state index contributed by atoms with van der Waals surface area (Å²) in [4.78, 5) is 62.2. The van der Waals surface area contributed by atoms with Crippen molar-refractivity contribution in [1.82, 2.24) is 0 Å². The molecule has 298 valence electrons. The van der Waals surface area contributed by atoms with Crippen molar-refractivity contribution < 1.29 is 92.1 Å². The molecule has 0 unspecified atom stereocenters. The largest absolute Gasteiger partial charge is 0.508 e. The third kappa shape index (κ3) is 8.84. The molecule has 0 radical (unpaired) electrons. The third-order valence-electron chi connectivity index (χ3n) is 8.39. The van der Waals surface area contributed by atoms with Crippen LogP contribution in [0.4, 0.5) is 0 Å². The summed E-state index contributed by atoms with van der Waals surface area (Å²) < 4.78 is 50.5. The number of aromatic hydroxyl groups is 4. The van der Waals surface area contributed by atoms with Crippen molar-refractivity contribution in [3.05, 3.63) is 40.6 Å². The second-order valence-corrected chi connectivity index (χ2v) is 12.6.